The van der Waals surface area contributed by atoms with E-state index < -0.39 is 10.8 Å². The van der Waals surface area contributed by atoms with E-state index in [0.717, 1.165) is 10.5 Å². The van der Waals surface area contributed by atoms with Crippen LogP contribution in [0.1, 0.15) is 5.56 Å². The molecule has 0 bridgehead atoms. The number of aryl methyl sites for hydroxylation is 1. The Labute approximate surface area is 85.0 Å². The molecule has 0 radical (unpaired) electrons. The zero-order valence-electron chi connectivity index (χ0n) is 7.88. The Morgan fingerprint density at radius 1 is 1.50 bits per heavy atom. The monoisotopic (exact) mass is 209 g/mol. The third kappa shape index (κ3) is 2.87. The molecule has 74 valence electrons. The van der Waals surface area contributed by atoms with Gasteiger partial charge in [0, 0.05) is 22.1 Å². The van der Waals surface area contributed by atoms with Crippen LogP contribution in [0.2, 0.25) is 0 Å². The smallest absolute Gasteiger partial charge is 0.0533 e. The van der Waals surface area contributed by atoms with Crippen molar-refractivity contribution in [3.05, 3.63) is 40.3 Å². The Morgan fingerprint density at radius 3 is 2.86 bits per heavy atom. The van der Waals surface area contributed by atoms with Crippen LogP contribution in [-0.2, 0) is 10.8 Å². The van der Waals surface area contributed by atoms with Gasteiger partial charge < -0.3 is 0 Å². The molecule has 14 heavy (non-hydrogen) atoms. The highest BCUT2D eigenvalue weighted by Gasteiger charge is 2.04. The van der Waals surface area contributed by atoms with Gasteiger partial charge in [-0.2, -0.15) is 0 Å². The number of nitrogens with zero attached hydrogens (tertiary/aromatic N) is 3. The first kappa shape index (κ1) is 10.8. The van der Waals surface area contributed by atoms with Crippen molar-refractivity contribution in [2.75, 3.05) is 12.3 Å². The summed E-state index contributed by atoms with van der Waals surface area (Å²) < 4.78 is 11.7. The first-order valence-corrected chi connectivity index (χ1v) is 5.52. The molecule has 0 N–H and O–H groups in total. The van der Waals surface area contributed by atoms with Gasteiger partial charge in [0.05, 0.1) is 10.8 Å². The zero-order valence-corrected chi connectivity index (χ0v) is 8.70. The third-order valence-electron chi connectivity index (χ3n) is 1.78. The molecule has 4 nitrogen and oxygen atoms in total. The van der Waals surface area contributed by atoms with Crippen LogP contribution in [0.3, 0.4) is 0 Å². The van der Waals surface area contributed by atoms with Crippen LogP contribution in [0.4, 0.5) is 0 Å². The Balaban J connectivity index is 2.70. The lowest BCUT2D eigenvalue weighted by Crippen LogP contribution is -2.02. The largest absolute Gasteiger partial charge is 0.254 e. The van der Waals surface area contributed by atoms with Gasteiger partial charge in [0.2, 0.25) is 0 Å². The fourth-order valence-electron chi connectivity index (χ4n) is 1.09. The first-order chi connectivity index (χ1) is 6.75. The van der Waals surface area contributed by atoms with E-state index in [4.69, 9.17) is 5.53 Å². The molecule has 0 aliphatic carbocycles. The molecule has 1 unspecified atom stereocenters. The number of rotatable bonds is 4. The van der Waals surface area contributed by atoms with E-state index in [0.29, 0.717) is 5.75 Å². The second-order valence-corrected chi connectivity index (χ2v) is 4.31. The lowest BCUT2D eigenvalue weighted by molar-refractivity contribution is 0.682. The molecule has 0 amide bonds. The Hall–Kier alpha value is -1.32. The van der Waals surface area contributed by atoms with Gasteiger partial charge in [-0.1, -0.05) is 23.3 Å². The minimum atomic E-state index is -1.06. The van der Waals surface area contributed by atoms with Crippen LogP contribution in [0, 0.1) is 6.92 Å². The molecule has 0 saturated carbocycles. The highest BCUT2D eigenvalue weighted by atomic mass is 32.2. The summed E-state index contributed by atoms with van der Waals surface area (Å²) in [5.41, 5.74) is 9.07. The summed E-state index contributed by atoms with van der Waals surface area (Å²) in [4.78, 5) is 3.43. The molecule has 1 rings (SSSR count). The Kier molecular flexibility index (Phi) is 4.16. The zero-order chi connectivity index (χ0) is 10.4. The van der Waals surface area contributed by atoms with Crippen molar-refractivity contribution in [3.8, 4) is 0 Å². The van der Waals surface area contributed by atoms with E-state index in [1.54, 1.807) is 0 Å². The van der Waals surface area contributed by atoms with Crippen molar-refractivity contribution in [1.82, 2.24) is 0 Å². The fraction of sp³-hybridized carbons (Fsp3) is 0.333. The van der Waals surface area contributed by atoms with Crippen molar-refractivity contribution >= 4 is 10.8 Å². The van der Waals surface area contributed by atoms with Crippen LogP contribution in [-0.4, -0.2) is 16.5 Å². The van der Waals surface area contributed by atoms with Gasteiger partial charge >= 0.3 is 0 Å². The standard InChI is InChI=1S/C9H11N3OS/c1-8-4-2-3-5-9(8)14(13)7-6-11-12-10/h2-5H,6-7H2,1H3. The molecule has 0 saturated heterocycles. The minimum Gasteiger partial charge on any atom is -0.254 e. The maximum atomic E-state index is 11.7. The van der Waals surface area contributed by atoms with E-state index >= 15 is 0 Å². The molecule has 1 aromatic rings. The maximum absolute atomic E-state index is 11.7. The molecule has 1 aromatic carbocycles. The van der Waals surface area contributed by atoms with Gasteiger partial charge in [0.1, 0.15) is 0 Å². The number of benzene rings is 1. The summed E-state index contributed by atoms with van der Waals surface area (Å²) >= 11 is 0. The molecule has 1 atom stereocenters. The van der Waals surface area contributed by atoms with Crippen LogP contribution in [0.25, 0.3) is 10.4 Å². The van der Waals surface area contributed by atoms with Crippen LogP contribution >= 0.6 is 0 Å². The van der Waals surface area contributed by atoms with E-state index in [2.05, 4.69) is 10.0 Å². The predicted molar refractivity (Wildman–Crippen MR) is 56.5 cm³/mol. The van der Waals surface area contributed by atoms with Crippen molar-refractivity contribution in [2.24, 2.45) is 5.11 Å². The van der Waals surface area contributed by atoms with Gasteiger partial charge in [-0.15, -0.1) is 0 Å². The van der Waals surface area contributed by atoms with Gasteiger partial charge in [-0.05, 0) is 24.1 Å². The molecular weight excluding hydrogens is 198 g/mol. The number of hydrogen-bond donors (Lipinski definition) is 0. The molecule has 5 heteroatoms. The minimum absolute atomic E-state index is 0.275. The SMILES string of the molecule is Cc1ccccc1S(=O)CCN=[N+]=[N-]. The molecule has 0 fully saturated rings. The van der Waals surface area contributed by atoms with Crippen LogP contribution < -0.4 is 0 Å². The summed E-state index contributed by atoms with van der Waals surface area (Å²) in [5, 5.41) is 3.35. The highest BCUT2D eigenvalue weighted by molar-refractivity contribution is 7.85. The molecule has 0 spiro atoms. The van der Waals surface area contributed by atoms with Crippen molar-refractivity contribution < 1.29 is 4.21 Å². The molecular formula is C9H11N3OS. The Bertz CT molecular complexity index is 385. The van der Waals surface area contributed by atoms with Gasteiger partial charge in [-0.3, -0.25) is 4.21 Å². The van der Waals surface area contributed by atoms with E-state index in [9.17, 15) is 4.21 Å². The van der Waals surface area contributed by atoms with Crippen molar-refractivity contribution in [3.63, 3.8) is 0 Å². The van der Waals surface area contributed by atoms with Crippen molar-refractivity contribution in [1.29, 1.82) is 0 Å². The molecule has 0 aromatic heterocycles. The van der Waals surface area contributed by atoms with Crippen LogP contribution in [0.5, 0.6) is 0 Å². The van der Waals surface area contributed by atoms with Crippen LogP contribution in [0.15, 0.2) is 34.3 Å². The average Bonchev–Trinajstić information content (AvgIpc) is 2.18. The topological polar surface area (TPSA) is 65.8 Å². The van der Waals surface area contributed by atoms with E-state index in [1.165, 1.54) is 0 Å². The van der Waals surface area contributed by atoms with Gasteiger partial charge in [0.25, 0.3) is 0 Å². The fourth-order valence-corrected chi connectivity index (χ4v) is 2.22. The number of azide groups is 1. The summed E-state index contributed by atoms with van der Waals surface area (Å²) in [7, 11) is -1.06. The second kappa shape index (κ2) is 5.42. The average molecular weight is 209 g/mol. The number of hydrogen-bond acceptors (Lipinski definition) is 2. The summed E-state index contributed by atoms with van der Waals surface area (Å²) in [5.74, 6) is 0.384. The lowest BCUT2D eigenvalue weighted by atomic mass is 10.2. The molecule has 0 aliphatic rings. The normalized spacial score (nSPS) is 11.8. The molecule has 0 aliphatic heterocycles. The third-order valence-corrected chi connectivity index (χ3v) is 3.28. The van der Waals surface area contributed by atoms with Gasteiger partial charge in [-0.25, -0.2) is 0 Å². The van der Waals surface area contributed by atoms with E-state index in [-0.39, 0.29) is 6.54 Å². The van der Waals surface area contributed by atoms with E-state index in [1.807, 2.05) is 31.2 Å². The first-order valence-electron chi connectivity index (χ1n) is 4.20. The summed E-state index contributed by atoms with van der Waals surface area (Å²) in [6, 6.07) is 7.51. The quantitative estimate of drug-likeness (QED) is 0.426. The summed E-state index contributed by atoms with van der Waals surface area (Å²) in [6.07, 6.45) is 0. The summed E-state index contributed by atoms with van der Waals surface area (Å²) in [6.45, 7) is 2.19. The maximum Gasteiger partial charge on any atom is 0.0533 e. The highest BCUT2D eigenvalue weighted by Crippen LogP contribution is 2.11. The van der Waals surface area contributed by atoms with Crippen molar-refractivity contribution in [2.45, 2.75) is 11.8 Å². The van der Waals surface area contributed by atoms with Gasteiger partial charge in [0.15, 0.2) is 0 Å². The molecule has 0 heterocycles. The second-order valence-electron chi connectivity index (χ2n) is 2.77. The predicted octanol–water partition coefficient (Wildman–Crippen LogP) is 2.41. The lowest BCUT2D eigenvalue weighted by Gasteiger charge is -2.03. The Morgan fingerprint density at radius 2 is 2.21 bits per heavy atom.